The number of carbonyl (C=O) groups excluding carboxylic acids is 5. The maximum Gasteiger partial charge on any atom is 0.328 e. The quantitative estimate of drug-likeness (QED) is 0.0348. The van der Waals surface area contributed by atoms with Gasteiger partial charge in [-0.25, -0.2) is 4.79 Å². The van der Waals surface area contributed by atoms with Crippen LogP contribution in [0.4, 0.5) is 0 Å². The van der Waals surface area contributed by atoms with Crippen molar-refractivity contribution in [1.82, 2.24) is 26.6 Å². The van der Waals surface area contributed by atoms with Crippen molar-refractivity contribution in [3.63, 3.8) is 0 Å². The highest BCUT2D eigenvalue weighted by molar-refractivity contribution is 5.95. The van der Waals surface area contributed by atoms with Gasteiger partial charge >= 0.3 is 5.97 Å². The van der Waals surface area contributed by atoms with Crippen LogP contribution in [0, 0.1) is 11.8 Å². The van der Waals surface area contributed by atoms with Gasteiger partial charge in [0.05, 0.1) is 25.8 Å². The average Bonchev–Trinajstić information content (AvgIpc) is 2.95. The molecule has 43 heavy (non-hydrogen) atoms. The molecule has 0 fully saturated rings. The number of aliphatic carboxylic acids is 1. The van der Waals surface area contributed by atoms with Crippen LogP contribution in [0.15, 0.2) is 4.99 Å². The van der Waals surface area contributed by atoms with Gasteiger partial charge in [0.15, 0.2) is 5.96 Å². The van der Waals surface area contributed by atoms with Gasteiger partial charge < -0.3 is 59.1 Å². The van der Waals surface area contributed by atoms with E-state index in [0.717, 1.165) is 0 Å². The van der Waals surface area contributed by atoms with Crippen molar-refractivity contribution in [1.29, 1.82) is 0 Å². The van der Waals surface area contributed by atoms with E-state index in [1.165, 1.54) is 0 Å². The molecular formula is C25H47N9O9. The molecule has 0 aliphatic heterocycles. The van der Waals surface area contributed by atoms with Gasteiger partial charge in [0, 0.05) is 6.54 Å². The lowest BCUT2D eigenvalue weighted by atomic mass is 9.96. The third-order valence-electron chi connectivity index (χ3n) is 6.40. The third kappa shape index (κ3) is 14.6. The largest absolute Gasteiger partial charge is 0.480 e. The van der Waals surface area contributed by atoms with Crippen LogP contribution in [0.1, 0.15) is 47.0 Å². The molecule has 0 aromatic carbocycles. The number of hydrogen-bond acceptors (Lipinski definition) is 10. The minimum atomic E-state index is -1.65. The van der Waals surface area contributed by atoms with Gasteiger partial charge in [-0.1, -0.05) is 34.1 Å². The summed E-state index contributed by atoms with van der Waals surface area (Å²) in [5.41, 5.74) is 16.5. The van der Waals surface area contributed by atoms with E-state index >= 15 is 0 Å². The van der Waals surface area contributed by atoms with Crippen LogP contribution in [0.3, 0.4) is 0 Å². The summed E-state index contributed by atoms with van der Waals surface area (Å²) in [4.78, 5) is 78.1. The van der Waals surface area contributed by atoms with E-state index in [2.05, 4.69) is 26.3 Å². The van der Waals surface area contributed by atoms with E-state index in [9.17, 15) is 33.9 Å². The predicted molar refractivity (Wildman–Crippen MR) is 155 cm³/mol. The lowest BCUT2D eigenvalue weighted by Crippen LogP contribution is -2.59. The van der Waals surface area contributed by atoms with Crippen molar-refractivity contribution >= 4 is 41.5 Å². The lowest BCUT2D eigenvalue weighted by Gasteiger charge is -2.28. The fourth-order valence-corrected chi connectivity index (χ4v) is 3.57. The Morgan fingerprint density at radius 2 is 1.37 bits per heavy atom. The van der Waals surface area contributed by atoms with Gasteiger partial charge in [0.25, 0.3) is 0 Å². The first kappa shape index (κ1) is 39.0. The first-order valence-electron chi connectivity index (χ1n) is 13.8. The Labute approximate surface area is 250 Å². The molecule has 18 heteroatoms. The zero-order chi connectivity index (χ0) is 33.3. The molecule has 14 N–H and O–H groups in total. The van der Waals surface area contributed by atoms with Crippen molar-refractivity contribution in [2.24, 2.45) is 34.0 Å². The molecule has 0 aliphatic rings. The van der Waals surface area contributed by atoms with E-state index < -0.39 is 91.4 Å². The number of rotatable bonds is 20. The Kier molecular flexibility index (Phi) is 18.1. The van der Waals surface area contributed by atoms with Gasteiger partial charge in [-0.15, -0.1) is 0 Å². The Morgan fingerprint density at radius 1 is 0.791 bits per heavy atom. The van der Waals surface area contributed by atoms with Gasteiger partial charge in [-0.2, -0.15) is 0 Å². The smallest absolute Gasteiger partial charge is 0.328 e. The Hall–Kier alpha value is -4.03. The number of aliphatic hydroxyl groups excluding tert-OH is 2. The second-order valence-corrected chi connectivity index (χ2v) is 10.3. The van der Waals surface area contributed by atoms with E-state index in [1.807, 2.05) is 12.2 Å². The second-order valence-electron chi connectivity index (χ2n) is 10.3. The first-order valence-corrected chi connectivity index (χ1v) is 13.8. The van der Waals surface area contributed by atoms with Crippen LogP contribution in [-0.4, -0.2) is 113 Å². The molecule has 5 amide bonds. The monoisotopic (exact) mass is 617 g/mol. The lowest BCUT2D eigenvalue weighted by molar-refractivity contribution is -0.143. The summed E-state index contributed by atoms with van der Waals surface area (Å²) in [6.07, 6.45) is 1.21. The highest BCUT2D eigenvalue weighted by Gasteiger charge is 2.32. The zero-order valence-electron chi connectivity index (χ0n) is 25.0. The SMILES string of the molecule is CC[C@H](C)[C@H](NC(=O)[C@@H](N)CCCN=C(N)N)C(=O)N[C@H](C(=O)NCC(=O)N[C@@H](CO)C(=O)N[C@@H](CO)C(=O)O)C(C)C. The standard InChI is InChI=1S/C25H47N9O9/c1-5-13(4)19(34-20(38)14(26)7-6-8-29-25(27)28)23(41)33-18(12(2)3)22(40)30-9-17(37)31-15(10-35)21(39)32-16(11-36)24(42)43/h12-16,18-19,35-36H,5-11,26H2,1-4H3,(H,30,40)(H,31,37)(H,32,39)(H,33,41)(H,34,38)(H,42,43)(H4,27,28,29)/t13-,14-,15-,16-,18-,19-/m0/s1. The van der Waals surface area contributed by atoms with Crippen LogP contribution >= 0.6 is 0 Å². The minimum Gasteiger partial charge on any atom is -0.480 e. The number of carbonyl (C=O) groups is 6. The fourth-order valence-electron chi connectivity index (χ4n) is 3.57. The number of nitrogens with zero attached hydrogens (tertiary/aromatic N) is 1. The number of aliphatic imine (C=N–C) groups is 1. The molecule has 0 unspecified atom stereocenters. The molecule has 0 bridgehead atoms. The Morgan fingerprint density at radius 3 is 1.86 bits per heavy atom. The molecular weight excluding hydrogens is 570 g/mol. The topological polar surface area (TPSA) is 314 Å². The summed E-state index contributed by atoms with van der Waals surface area (Å²) in [5, 5.41) is 39.1. The molecule has 0 saturated heterocycles. The molecule has 18 nitrogen and oxygen atoms in total. The van der Waals surface area contributed by atoms with Crippen LogP contribution in [0.2, 0.25) is 0 Å². The van der Waals surface area contributed by atoms with Crippen molar-refractivity contribution in [2.45, 2.75) is 77.2 Å². The summed E-state index contributed by atoms with van der Waals surface area (Å²) in [6.45, 7) is 4.70. The number of amides is 5. The molecule has 6 atom stereocenters. The summed E-state index contributed by atoms with van der Waals surface area (Å²) in [6, 6.07) is -6.27. The average molecular weight is 618 g/mol. The number of hydrogen-bond donors (Lipinski definition) is 11. The molecule has 0 heterocycles. The Bertz CT molecular complexity index is 989. The van der Waals surface area contributed by atoms with E-state index in [4.69, 9.17) is 27.4 Å². The van der Waals surface area contributed by atoms with Gasteiger partial charge in [0.1, 0.15) is 24.2 Å². The van der Waals surface area contributed by atoms with Crippen LogP contribution in [0.25, 0.3) is 0 Å². The van der Waals surface area contributed by atoms with E-state index in [0.29, 0.717) is 12.8 Å². The number of nitrogens with two attached hydrogens (primary N) is 3. The number of carboxylic acid groups (broad SMARTS) is 1. The van der Waals surface area contributed by atoms with Crippen LogP contribution < -0.4 is 43.8 Å². The maximum absolute atomic E-state index is 13.2. The van der Waals surface area contributed by atoms with Gasteiger partial charge in [0.2, 0.25) is 29.5 Å². The summed E-state index contributed by atoms with van der Waals surface area (Å²) >= 11 is 0. The van der Waals surface area contributed by atoms with Crippen molar-refractivity contribution < 1.29 is 44.1 Å². The number of guanidine groups is 1. The number of aliphatic hydroxyl groups is 2. The Balaban J connectivity index is 5.27. The van der Waals surface area contributed by atoms with E-state index in [1.54, 1.807) is 20.8 Å². The minimum absolute atomic E-state index is 0.0810. The molecule has 0 aromatic rings. The van der Waals surface area contributed by atoms with Crippen molar-refractivity contribution in [3.8, 4) is 0 Å². The molecule has 0 rings (SSSR count). The summed E-state index contributed by atoms with van der Waals surface area (Å²) < 4.78 is 0. The van der Waals surface area contributed by atoms with Crippen molar-refractivity contribution in [2.75, 3.05) is 26.3 Å². The van der Waals surface area contributed by atoms with Crippen molar-refractivity contribution in [3.05, 3.63) is 0 Å². The zero-order valence-corrected chi connectivity index (χ0v) is 25.0. The maximum atomic E-state index is 13.2. The van der Waals surface area contributed by atoms with Gasteiger partial charge in [-0.05, 0) is 24.7 Å². The summed E-state index contributed by atoms with van der Waals surface area (Å²) in [5.74, 6) is -6.28. The molecule has 0 aromatic heterocycles. The molecule has 0 saturated carbocycles. The second kappa shape index (κ2) is 20.0. The van der Waals surface area contributed by atoms with Gasteiger partial charge in [-0.3, -0.25) is 29.0 Å². The van der Waals surface area contributed by atoms with Crippen LogP contribution in [0.5, 0.6) is 0 Å². The molecule has 0 aliphatic carbocycles. The normalized spacial score (nSPS) is 15.1. The number of carboxylic acids is 1. The molecule has 0 spiro atoms. The first-order chi connectivity index (χ1) is 20.1. The summed E-state index contributed by atoms with van der Waals surface area (Å²) in [7, 11) is 0. The molecule has 246 valence electrons. The highest BCUT2D eigenvalue weighted by atomic mass is 16.4. The van der Waals surface area contributed by atoms with E-state index in [-0.39, 0.29) is 24.8 Å². The predicted octanol–water partition coefficient (Wildman–Crippen LogP) is -4.81. The fraction of sp³-hybridized carbons (Fsp3) is 0.720. The van der Waals surface area contributed by atoms with Crippen LogP contribution in [-0.2, 0) is 28.8 Å². The number of nitrogens with one attached hydrogen (secondary N) is 5. The third-order valence-corrected chi connectivity index (χ3v) is 6.40. The highest BCUT2D eigenvalue weighted by Crippen LogP contribution is 2.11. The molecule has 0 radical (unpaired) electrons.